The van der Waals surface area contributed by atoms with Gasteiger partial charge in [-0.15, -0.1) is 0 Å². The first-order valence-electron chi connectivity index (χ1n) is 8.19. The first-order chi connectivity index (χ1) is 12.0. The number of thioether (sulfide) groups is 1. The second kappa shape index (κ2) is 7.55. The molecule has 1 aromatic carbocycles. The Balaban J connectivity index is 1.63. The highest BCUT2D eigenvalue weighted by atomic mass is 32.2. The summed E-state index contributed by atoms with van der Waals surface area (Å²) in [7, 11) is 0. The molecule has 2 aliphatic heterocycles. The van der Waals surface area contributed by atoms with Crippen LogP contribution in [0, 0.1) is 5.41 Å². The van der Waals surface area contributed by atoms with Crippen LogP contribution in [0.4, 0.5) is 10.5 Å². The van der Waals surface area contributed by atoms with E-state index in [2.05, 4.69) is 5.32 Å². The molecule has 2 heterocycles. The van der Waals surface area contributed by atoms with Gasteiger partial charge in [0.15, 0.2) is 0 Å². The van der Waals surface area contributed by atoms with E-state index in [0.29, 0.717) is 31.7 Å². The Morgan fingerprint density at radius 1 is 1.24 bits per heavy atom. The molecule has 0 aromatic heterocycles. The summed E-state index contributed by atoms with van der Waals surface area (Å²) in [4.78, 5) is 37.1. The van der Waals surface area contributed by atoms with Crippen molar-refractivity contribution in [3.8, 4) is 0 Å². The molecule has 134 valence electrons. The first kappa shape index (κ1) is 17.9. The number of nitrogens with one attached hydrogen (secondary N) is 1. The standard InChI is InChI=1S/C17H21N3O4S/c18-11-17(5-7-24-8-6-17)15(22)19-13-3-1-12(2-4-13)9-20-14(21)10-25-16(20)23/h1-4H,5-11,18H2,(H,19,22). The quantitative estimate of drug-likeness (QED) is 0.823. The van der Waals surface area contributed by atoms with E-state index in [1.807, 2.05) is 0 Å². The predicted octanol–water partition coefficient (Wildman–Crippen LogP) is 1.58. The van der Waals surface area contributed by atoms with Gasteiger partial charge in [0.2, 0.25) is 11.8 Å². The van der Waals surface area contributed by atoms with Crippen molar-refractivity contribution in [2.75, 3.05) is 30.8 Å². The Hall–Kier alpha value is -1.90. The van der Waals surface area contributed by atoms with E-state index in [1.165, 1.54) is 4.90 Å². The molecule has 2 saturated heterocycles. The van der Waals surface area contributed by atoms with E-state index in [0.717, 1.165) is 17.3 Å². The highest BCUT2D eigenvalue weighted by Gasteiger charge is 2.38. The summed E-state index contributed by atoms with van der Waals surface area (Å²) in [6.07, 6.45) is 1.23. The molecule has 7 nitrogen and oxygen atoms in total. The first-order valence-corrected chi connectivity index (χ1v) is 9.18. The van der Waals surface area contributed by atoms with Crippen LogP contribution in [0.1, 0.15) is 18.4 Å². The molecule has 3 N–H and O–H groups in total. The molecule has 0 bridgehead atoms. The van der Waals surface area contributed by atoms with Gasteiger partial charge in [-0.3, -0.25) is 19.3 Å². The number of carbonyl (C=O) groups excluding carboxylic acids is 3. The lowest BCUT2D eigenvalue weighted by molar-refractivity contribution is -0.130. The molecule has 8 heteroatoms. The van der Waals surface area contributed by atoms with Gasteiger partial charge in [-0.05, 0) is 30.5 Å². The molecule has 3 rings (SSSR count). The van der Waals surface area contributed by atoms with Crippen LogP contribution in [0.3, 0.4) is 0 Å². The third-order valence-corrected chi connectivity index (χ3v) is 5.57. The van der Waals surface area contributed by atoms with Crippen molar-refractivity contribution in [2.24, 2.45) is 11.1 Å². The number of ether oxygens (including phenoxy) is 1. The van der Waals surface area contributed by atoms with Crippen LogP contribution in [0.5, 0.6) is 0 Å². The number of hydrogen-bond acceptors (Lipinski definition) is 6. The van der Waals surface area contributed by atoms with Gasteiger partial charge < -0.3 is 15.8 Å². The van der Waals surface area contributed by atoms with E-state index in [4.69, 9.17) is 10.5 Å². The summed E-state index contributed by atoms with van der Waals surface area (Å²) >= 11 is 1.02. The maximum absolute atomic E-state index is 12.6. The van der Waals surface area contributed by atoms with Gasteiger partial charge in [0.1, 0.15) is 0 Å². The number of hydrogen-bond donors (Lipinski definition) is 2. The monoisotopic (exact) mass is 363 g/mol. The minimum absolute atomic E-state index is 0.0904. The minimum Gasteiger partial charge on any atom is -0.381 e. The third-order valence-electron chi connectivity index (χ3n) is 4.72. The molecular weight excluding hydrogens is 342 g/mol. The third kappa shape index (κ3) is 3.86. The highest BCUT2D eigenvalue weighted by Crippen LogP contribution is 2.31. The fourth-order valence-corrected chi connectivity index (χ4v) is 3.68. The van der Waals surface area contributed by atoms with E-state index >= 15 is 0 Å². The average molecular weight is 363 g/mol. The zero-order valence-electron chi connectivity index (χ0n) is 13.8. The van der Waals surface area contributed by atoms with Crippen LogP contribution in [0.25, 0.3) is 0 Å². The molecule has 0 radical (unpaired) electrons. The average Bonchev–Trinajstić information content (AvgIpc) is 2.95. The van der Waals surface area contributed by atoms with Crippen molar-refractivity contribution in [1.82, 2.24) is 4.90 Å². The zero-order valence-corrected chi connectivity index (χ0v) is 14.6. The number of imide groups is 1. The van der Waals surface area contributed by atoms with Crippen LogP contribution in [-0.2, 0) is 20.9 Å². The summed E-state index contributed by atoms with van der Waals surface area (Å²) in [5, 5.41) is 2.70. The normalized spacial score (nSPS) is 20.0. The van der Waals surface area contributed by atoms with Crippen LogP contribution in [0.15, 0.2) is 24.3 Å². The van der Waals surface area contributed by atoms with Gasteiger partial charge >= 0.3 is 0 Å². The maximum Gasteiger partial charge on any atom is 0.289 e. The van der Waals surface area contributed by atoms with E-state index in [9.17, 15) is 14.4 Å². The second-order valence-corrected chi connectivity index (χ2v) is 7.21. The van der Waals surface area contributed by atoms with Crippen LogP contribution in [-0.4, -0.2) is 47.5 Å². The summed E-state index contributed by atoms with van der Waals surface area (Å²) in [5.74, 6) is -0.0539. The van der Waals surface area contributed by atoms with Gasteiger partial charge in [-0.2, -0.15) is 0 Å². The zero-order chi connectivity index (χ0) is 17.9. The smallest absolute Gasteiger partial charge is 0.289 e. The second-order valence-electron chi connectivity index (χ2n) is 6.28. The van der Waals surface area contributed by atoms with Gasteiger partial charge in [-0.1, -0.05) is 23.9 Å². The Morgan fingerprint density at radius 3 is 2.48 bits per heavy atom. The molecule has 1 aromatic rings. The number of carbonyl (C=O) groups is 3. The summed E-state index contributed by atoms with van der Waals surface area (Å²) in [6, 6.07) is 7.15. The summed E-state index contributed by atoms with van der Waals surface area (Å²) < 4.78 is 5.33. The maximum atomic E-state index is 12.6. The fraction of sp³-hybridized carbons (Fsp3) is 0.471. The number of nitrogens with two attached hydrogens (primary N) is 1. The van der Waals surface area contributed by atoms with Gasteiger partial charge in [-0.25, -0.2) is 0 Å². The summed E-state index contributed by atoms with van der Waals surface area (Å²) in [5.41, 5.74) is 6.77. The van der Waals surface area contributed by atoms with Crippen LogP contribution in [0.2, 0.25) is 0 Å². The van der Waals surface area contributed by atoms with Crippen LogP contribution < -0.4 is 11.1 Å². The Bertz CT molecular complexity index is 655. The van der Waals surface area contributed by atoms with Gasteiger partial charge in [0.25, 0.3) is 5.24 Å². The van der Waals surface area contributed by atoms with Crippen molar-refractivity contribution in [3.63, 3.8) is 0 Å². The van der Waals surface area contributed by atoms with E-state index in [-0.39, 0.29) is 35.9 Å². The Labute approximate surface area is 150 Å². The van der Waals surface area contributed by atoms with E-state index < -0.39 is 5.41 Å². The molecule has 25 heavy (non-hydrogen) atoms. The number of rotatable bonds is 5. The minimum atomic E-state index is -0.581. The van der Waals surface area contributed by atoms with Crippen LogP contribution >= 0.6 is 11.8 Å². The molecule has 0 spiro atoms. The van der Waals surface area contributed by atoms with Gasteiger partial charge in [0, 0.05) is 25.4 Å². The molecule has 2 aliphatic rings. The highest BCUT2D eigenvalue weighted by molar-refractivity contribution is 8.14. The molecular formula is C17H21N3O4S. The number of anilines is 1. The topological polar surface area (TPSA) is 102 Å². The SMILES string of the molecule is NCC1(C(=O)Nc2ccc(CN3C(=O)CSC3=O)cc2)CCOCC1. The number of benzene rings is 1. The Kier molecular flexibility index (Phi) is 5.41. The largest absolute Gasteiger partial charge is 0.381 e. The molecule has 2 fully saturated rings. The molecule has 0 saturated carbocycles. The molecule has 0 unspecified atom stereocenters. The Morgan fingerprint density at radius 2 is 1.92 bits per heavy atom. The molecule has 0 atom stereocenters. The van der Waals surface area contributed by atoms with E-state index in [1.54, 1.807) is 24.3 Å². The van der Waals surface area contributed by atoms with Crippen molar-refractivity contribution in [3.05, 3.63) is 29.8 Å². The lowest BCUT2D eigenvalue weighted by atomic mass is 9.79. The van der Waals surface area contributed by atoms with Crippen molar-refractivity contribution in [2.45, 2.75) is 19.4 Å². The lowest BCUT2D eigenvalue weighted by Gasteiger charge is -2.34. The fourth-order valence-electron chi connectivity index (χ4n) is 2.96. The van der Waals surface area contributed by atoms with Crippen molar-refractivity contribution < 1.29 is 19.1 Å². The lowest BCUT2D eigenvalue weighted by Crippen LogP contribution is -2.46. The van der Waals surface area contributed by atoms with Crippen molar-refractivity contribution in [1.29, 1.82) is 0 Å². The van der Waals surface area contributed by atoms with Crippen molar-refractivity contribution >= 4 is 34.5 Å². The summed E-state index contributed by atoms with van der Waals surface area (Å²) in [6.45, 7) is 1.62. The van der Waals surface area contributed by atoms with Gasteiger partial charge in [0.05, 0.1) is 17.7 Å². The predicted molar refractivity (Wildman–Crippen MR) is 95.0 cm³/mol. The number of amides is 3. The number of nitrogens with zero attached hydrogens (tertiary/aromatic N) is 1. The molecule has 3 amide bonds. The molecule has 0 aliphatic carbocycles.